The lowest BCUT2D eigenvalue weighted by atomic mass is 9.73. The third-order valence-electron chi connectivity index (χ3n) is 6.75. The van der Waals surface area contributed by atoms with Gasteiger partial charge in [-0.25, -0.2) is 4.98 Å². The van der Waals surface area contributed by atoms with Gasteiger partial charge < -0.3 is 19.1 Å². The van der Waals surface area contributed by atoms with Crippen molar-refractivity contribution in [1.82, 2.24) is 20.0 Å². The Kier molecular flexibility index (Phi) is 6.09. The number of aryl methyl sites for hydroxylation is 1. The van der Waals surface area contributed by atoms with Crippen molar-refractivity contribution < 1.29 is 14.1 Å². The number of piperazine rings is 1. The maximum Gasteiger partial charge on any atom is 0.233 e. The van der Waals surface area contributed by atoms with Crippen molar-refractivity contribution in [3.05, 3.63) is 60.1 Å². The smallest absolute Gasteiger partial charge is 0.233 e. The van der Waals surface area contributed by atoms with Crippen LogP contribution in [0.15, 0.2) is 53.2 Å². The molecule has 2 aromatic heterocycles. The summed E-state index contributed by atoms with van der Waals surface area (Å²) in [6.07, 6.45) is 3.95. The largest absolute Gasteiger partial charge is 0.381 e. The summed E-state index contributed by atoms with van der Waals surface area (Å²) in [6.45, 7) is 6.09. The Labute approximate surface area is 193 Å². The lowest BCUT2D eigenvalue weighted by molar-refractivity contribution is -0.141. The molecule has 5 rings (SSSR count). The van der Waals surface area contributed by atoms with Crippen LogP contribution < -0.4 is 4.90 Å². The molecule has 0 bridgehead atoms. The molecule has 0 saturated carbocycles. The maximum absolute atomic E-state index is 13.8. The van der Waals surface area contributed by atoms with Gasteiger partial charge in [0.25, 0.3) is 0 Å². The summed E-state index contributed by atoms with van der Waals surface area (Å²) in [6, 6.07) is 14.2. The first-order chi connectivity index (χ1) is 16.2. The van der Waals surface area contributed by atoms with E-state index in [4.69, 9.17) is 9.26 Å². The van der Waals surface area contributed by atoms with Crippen LogP contribution in [0, 0.1) is 0 Å². The van der Waals surface area contributed by atoms with Crippen molar-refractivity contribution in [1.29, 1.82) is 0 Å². The summed E-state index contributed by atoms with van der Waals surface area (Å²) in [5.74, 6) is 2.30. The van der Waals surface area contributed by atoms with Gasteiger partial charge in [0, 0.05) is 57.6 Å². The molecular weight excluding hydrogens is 418 g/mol. The zero-order valence-corrected chi connectivity index (χ0v) is 18.9. The lowest BCUT2D eigenvalue weighted by Gasteiger charge is -2.43. The zero-order valence-electron chi connectivity index (χ0n) is 18.9. The molecular formula is C25H29N5O3. The van der Waals surface area contributed by atoms with Crippen LogP contribution in [0.5, 0.6) is 0 Å². The van der Waals surface area contributed by atoms with Crippen LogP contribution in [-0.2, 0) is 21.4 Å². The normalized spacial score (nSPS) is 18.3. The Hall–Kier alpha value is -3.26. The van der Waals surface area contributed by atoms with Crippen LogP contribution in [0.2, 0.25) is 0 Å². The number of carbonyl (C=O) groups excluding carboxylic acids is 1. The Morgan fingerprint density at radius 2 is 1.79 bits per heavy atom. The van der Waals surface area contributed by atoms with Crippen molar-refractivity contribution in [3.8, 4) is 11.4 Å². The molecule has 172 valence electrons. The number of nitrogens with zero attached hydrogens (tertiary/aromatic N) is 5. The van der Waals surface area contributed by atoms with Gasteiger partial charge in [0.2, 0.25) is 17.6 Å². The minimum Gasteiger partial charge on any atom is -0.381 e. The van der Waals surface area contributed by atoms with Crippen LogP contribution in [0.25, 0.3) is 11.4 Å². The number of hydrogen-bond acceptors (Lipinski definition) is 7. The molecule has 1 amide bonds. The number of carbonyl (C=O) groups is 1. The van der Waals surface area contributed by atoms with Crippen LogP contribution in [0.1, 0.15) is 31.2 Å². The molecule has 8 nitrogen and oxygen atoms in total. The monoisotopic (exact) mass is 447 g/mol. The standard InChI is InChI=1S/C25H29N5O3/c1-2-22-27-23(28-33-22)19-8-9-21(26-18-19)29-12-14-30(15-13-29)24(31)25(10-16-32-17-11-25)20-6-4-3-5-7-20/h3-9,18H,2,10-17H2,1H3. The third-order valence-corrected chi connectivity index (χ3v) is 6.75. The molecule has 3 aromatic rings. The molecule has 0 aliphatic carbocycles. The zero-order chi connectivity index (χ0) is 22.7. The number of pyridine rings is 1. The number of ether oxygens (including phenoxy) is 1. The van der Waals surface area contributed by atoms with E-state index >= 15 is 0 Å². The van der Waals surface area contributed by atoms with Gasteiger partial charge in [0.1, 0.15) is 5.82 Å². The van der Waals surface area contributed by atoms with Crippen LogP contribution in [-0.4, -0.2) is 65.3 Å². The summed E-state index contributed by atoms with van der Waals surface area (Å²) in [4.78, 5) is 27.0. The van der Waals surface area contributed by atoms with E-state index in [9.17, 15) is 4.79 Å². The van der Waals surface area contributed by atoms with E-state index in [0.717, 1.165) is 42.9 Å². The summed E-state index contributed by atoms with van der Waals surface area (Å²) in [5, 5.41) is 4.01. The summed E-state index contributed by atoms with van der Waals surface area (Å²) >= 11 is 0. The van der Waals surface area contributed by atoms with Gasteiger partial charge in [0.05, 0.1) is 5.41 Å². The van der Waals surface area contributed by atoms with E-state index in [1.54, 1.807) is 6.20 Å². The summed E-state index contributed by atoms with van der Waals surface area (Å²) < 4.78 is 10.8. The number of rotatable bonds is 5. The molecule has 2 fully saturated rings. The molecule has 0 unspecified atom stereocenters. The van der Waals surface area contributed by atoms with E-state index in [1.807, 2.05) is 42.2 Å². The molecule has 1 aromatic carbocycles. The number of aromatic nitrogens is 3. The van der Waals surface area contributed by atoms with Crippen molar-refractivity contribution in [2.24, 2.45) is 0 Å². The maximum atomic E-state index is 13.8. The predicted molar refractivity (Wildman–Crippen MR) is 124 cm³/mol. The van der Waals surface area contributed by atoms with Gasteiger partial charge in [0.15, 0.2) is 0 Å². The van der Waals surface area contributed by atoms with Crippen LogP contribution in [0.3, 0.4) is 0 Å². The highest BCUT2D eigenvalue weighted by Gasteiger charge is 2.44. The van der Waals surface area contributed by atoms with Gasteiger partial charge in [-0.3, -0.25) is 4.79 Å². The fourth-order valence-electron chi connectivity index (χ4n) is 4.77. The third kappa shape index (κ3) is 4.23. The minimum absolute atomic E-state index is 0.226. The van der Waals surface area contributed by atoms with Gasteiger partial charge in [-0.2, -0.15) is 4.98 Å². The molecule has 2 aliphatic rings. The first kappa shape index (κ1) is 21.6. The SMILES string of the molecule is CCc1nc(-c2ccc(N3CCN(C(=O)C4(c5ccccc5)CCOCC4)CC3)nc2)no1. The van der Waals surface area contributed by atoms with Crippen LogP contribution in [0.4, 0.5) is 5.82 Å². The summed E-state index contributed by atoms with van der Waals surface area (Å²) in [7, 11) is 0. The Morgan fingerprint density at radius 3 is 2.42 bits per heavy atom. The van der Waals surface area contributed by atoms with Gasteiger partial charge in [-0.1, -0.05) is 42.4 Å². The second-order valence-electron chi connectivity index (χ2n) is 8.61. The highest BCUT2D eigenvalue weighted by Crippen LogP contribution is 2.37. The number of amides is 1. The van der Waals surface area contributed by atoms with E-state index in [-0.39, 0.29) is 5.91 Å². The number of benzene rings is 1. The Morgan fingerprint density at radius 1 is 1.03 bits per heavy atom. The molecule has 0 atom stereocenters. The van der Waals surface area contributed by atoms with Crippen molar-refractivity contribution in [2.75, 3.05) is 44.3 Å². The van der Waals surface area contributed by atoms with E-state index < -0.39 is 5.41 Å². The molecule has 8 heteroatoms. The first-order valence-electron chi connectivity index (χ1n) is 11.7. The molecule has 33 heavy (non-hydrogen) atoms. The first-order valence-corrected chi connectivity index (χ1v) is 11.7. The fourth-order valence-corrected chi connectivity index (χ4v) is 4.77. The average molecular weight is 448 g/mol. The van der Waals surface area contributed by atoms with E-state index in [2.05, 4.69) is 32.2 Å². The molecule has 4 heterocycles. The van der Waals surface area contributed by atoms with Gasteiger partial charge in [-0.05, 0) is 30.5 Å². The number of hydrogen-bond donors (Lipinski definition) is 0. The van der Waals surface area contributed by atoms with Gasteiger partial charge in [-0.15, -0.1) is 0 Å². The lowest BCUT2D eigenvalue weighted by Crippen LogP contribution is -2.56. The quantitative estimate of drug-likeness (QED) is 0.594. The second kappa shape index (κ2) is 9.31. The Bertz CT molecular complexity index is 1070. The van der Waals surface area contributed by atoms with Crippen molar-refractivity contribution in [2.45, 2.75) is 31.6 Å². The Balaban J connectivity index is 1.26. The average Bonchev–Trinajstić information content (AvgIpc) is 3.39. The van der Waals surface area contributed by atoms with Gasteiger partial charge >= 0.3 is 0 Å². The predicted octanol–water partition coefficient (Wildman–Crippen LogP) is 3.09. The fraction of sp³-hybridized carbons (Fsp3) is 0.440. The van der Waals surface area contributed by atoms with Crippen molar-refractivity contribution >= 4 is 11.7 Å². The minimum atomic E-state index is -0.483. The molecule has 0 N–H and O–H groups in total. The van der Waals surface area contributed by atoms with Crippen molar-refractivity contribution in [3.63, 3.8) is 0 Å². The molecule has 0 spiro atoms. The number of anilines is 1. The molecule has 2 saturated heterocycles. The second-order valence-corrected chi connectivity index (χ2v) is 8.61. The van der Waals surface area contributed by atoms with E-state index in [0.29, 0.717) is 44.4 Å². The molecule has 2 aliphatic heterocycles. The summed E-state index contributed by atoms with van der Waals surface area (Å²) in [5.41, 5.74) is 1.45. The highest BCUT2D eigenvalue weighted by molar-refractivity contribution is 5.88. The van der Waals surface area contributed by atoms with E-state index in [1.165, 1.54) is 0 Å². The highest BCUT2D eigenvalue weighted by atomic mass is 16.5. The molecule has 0 radical (unpaired) electrons. The van der Waals surface area contributed by atoms with Crippen LogP contribution >= 0.6 is 0 Å². The topological polar surface area (TPSA) is 84.6 Å².